The van der Waals surface area contributed by atoms with E-state index in [1.807, 2.05) is 35.8 Å². The third kappa shape index (κ3) is 4.97. The summed E-state index contributed by atoms with van der Waals surface area (Å²) in [6.07, 6.45) is 0.180. The van der Waals surface area contributed by atoms with Crippen LogP contribution in [0.25, 0.3) is 5.69 Å². The van der Waals surface area contributed by atoms with Crippen LogP contribution in [0.4, 0.5) is 4.39 Å². The molecule has 0 fully saturated rings. The van der Waals surface area contributed by atoms with Crippen molar-refractivity contribution in [2.75, 3.05) is 6.61 Å². The minimum atomic E-state index is -0.589. The van der Waals surface area contributed by atoms with Crippen LogP contribution in [0, 0.1) is 5.82 Å². The van der Waals surface area contributed by atoms with E-state index in [-0.39, 0.29) is 12.2 Å². The third-order valence-electron chi connectivity index (χ3n) is 4.59. The first-order valence-corrected chi connectivity index (χ1v) is 10.9. The summed E-state index contributed by atoms with van der Waals surface area (Å²) in [5.41, 5.74) is 0.652. The summed E-state index contributed by atoms with van der Waals surface area (Å²) >= 11 is 1.34. The van der Waals surface area contributed by atoms with E-state index in [1.54, 1.807) is 18.2 Å². The predicted octanol–water partition coefficient (Wildman–Crippen LogP) is 3.06. The van der Waals surface area contributed by atoms with Crippen molar-refractivity contribution in [3.8, 4) is 11.4 Å². The smallest absolute Gasteiger partial charge is 0.325 e. The molecule has 0 saturated carbocycles. The topological polar surface area (TPSA) is 106 Å². The number of nitrogens with one attached hydrogen (secondary N) is 2. The fourth-order valence-electron chi connectivity index (χ4n) is 3.17. The maximum absolute atomic E-state index is 14.1. The number of benzene rings is 2. The summed E-state index contributed by atoms with van der Waals surface area (Å²) in [6, 6.07) is 15.3. The van der Waals surface area contributed by atoms with Crippen molar-refractivity contribution in [2.45, 2.75) is 24.3 Å². The first-order valence-electron chi connectivity index (χ1n) is 9.89. The van der Waals surface area contributed by atoms with Crippen LogP contribution in [0.2, 0.25) is 0 Å². The molecule has 2 aromatic carbocycles. The lowest BCUT2D eigenvalue weighted by molar-refractivity contribution is 0.340. The number of aromatic amines is 2. The van der Waals surface area contributed by atoms with Gasteiger partial charge in [-0.15, -0.1) is 10.2 Å². The van der Waals surface area contributed by atoms with Gasteiger partial charge in [0.05, 0.1) is 6.61 Å². The van der Waals surface area contributed by atoms with Crippen molar-refractivity contribution < 1.29 is 9.13 Å². The van der Waals surface area contributed by atoms with Gasteiger partial charge in [0.1, 0.15) is 17.4 Å². The van der Waals surface area contributed by atoms with Crippen LogP contribution in [-0.2, 0) is 12.2 Å². The van der Waals surface area contributed by atoms with Crippen LogP contribution >= 0.6 is 11.8 Å². The van der Waals surface area contributed by atoms with Gasteiger partial charge in [0, 0.05) is 29.6 Å². The summed E-state index contributed by atoms with van der Waals surface area (Å²) in [5, 5.41) is 9.11. The van der Waals surface area contributed by atoms with Crippen molar-refractivity contribution in [1.29, 1.82) is 0 Å². The van der Waals surface area contributed by atoms with E-state index in [4.69, 9.17) is 4.74 Å². The molecule has 2 N–H and O–H groups in total. The Morgan fingerprint density at radius 1 is 1.06 bits per heavy atom. The highest BCUT2D eigenvalue weighted by molar-refractivity contribution is 7.98. The van der Waals surface area contributed by atoms with Crippen molar-refractivity contribution in [3.05, 3.63) is 98.3 Å². The molecule has 0 atom stereocenters. The number of thioether (sulfide) groups is 1. The van der Waals surface area contributed by atoms with Gasteiger partial charge in [-0.3, -0.25) is 14.3 Å². The molecule has 0 aliphatic rings. The summed E-state index contributed by atoms with van der Waals surface area (Å²) in [6.45, 7) is 2.46. The minimum absolute atomic E-state index is 0.180. The summed E-state index contributed by atoms with van der Waals surface area (Å²) in [5.74, 6) is 1.33. The first kappa shape index (κ1) is 21.6. The number of hydrogen-bond donors (Lipinski definition) is 2. The van der Waals surface area contributed by atoms with Crippen LogP contribution in [0.3, 0.4) is 0 Å². The van der Waals surface area contributed by atoms with E-state index < -0.39 is 11.2 Å². The van der Waals surface area contributed by atoms with Crippen molar-refractivity contribution >= 4 is 11.8 Å². The molecule has 0 saturated heterocycles. The molecule has 0 aliphatic heterocycles. The zero-order chi connectivity index (χ0) is 22.5. The van der Waals surface area contributed by atoms with E-state index in [0.29, 0.717) is 34.6 Å². The Morgan fingerprint density at radius 3 is 2.56 bits per heavy atom. The molecule has 0 unspecified atom stereocenters. The van der Waals surface area contributed by atoms with Crippen LogP contribution in [-0.4, -0.2) is 31.3 Å². The molecule has 0 amide bonds. The standard InChI is InChI=1S/C22H20FN5O3S/c1-2-31-17-9-7-16(8-10-17)28-19(11-15-12-20(29)25-21(30)24-15)26-27-22(28)32-13-14-5-3-4-6-18(14)23/h3-10,12H,2,11,13H2,1H3,(H2,24,25,29,30). The zero-order valence-corrected chi connectivity index (χ0v) is 18.0. The van der Waals surface area contributed by atoms with Crippen molar-refractivity contribution in [1.82, 2.24) is 24.7 Å². The van der Waals surface area contributed by atoms with Gasteiger partial charge in [-0.25, -0.2) is 9.18 Å². The van der Waals surface area contributed by atoms with Gasteiger partial charge >= 0.3 is 5.69 Å². The normalized spacial score (nSPS) is 10.9. The summed E-state index contributed by atoms with van der Waals surface area (Å²) < 4.78 is 21.4. The number of aromatic nitrogens is 5. The fraction of sp³-hybridized carbons (Fsp3) is 0.182. The maximum atomic E-state index is 14.1. The molecule has 2 heterocycles. The fourth-order valence-corrected chi connectivity index (χ4v) is 4.13. The van der Waals surface area contributed by atoms with Gasteiger partial charge in [-0.1, -0.05) is 30.0 Å². The van der Waals surface area contributed by atoms with Gasteiger partial charge in [0.2, 0.25) is 0 Å². The maximum Gasteiger partial charge on any atom is 0.325 e. The van der Waals surface area contributed by atoms with E-state index >= 15 is 0 Å². The van der Waals surface area contributed by atoms with Crippen LogP contribution < -0.4 is 16.0 Å². The third-order valence-corrected chi connectivity index (χ3v) is 5.56. The molecule has 32 heavy (non-hydrogen) atoms. The lowest BCUT2D eigenvalue weighted by Crippen LogP contribution is -2.23. The highest BCUT2D eigenvalue weighted by Crippen LogP contribution is 2.27. The largest absolute Gasteiger partial charge is 0.494 e. The monoisotopic (exact) mass is 453 g/mol. The van der Waals surface area contributed by atoms with E-state index in [0.717, 1.165) is 11.4 Å². The molecule has 0 aliphatic carbocycles. The highest BCUT2D eigenvalue weighted by atomic mass is 32.2. The molecule has 10 heteroatoms. The second-order valence-electron chi connectivity index (χ2n) is 6.83. The second-order valence-corrected chi connectivity index (χ2v) is 7.77. The molecule has 0 spiro atoms. The molecular formula is C22H20FN5O3S. The first-order chi connectivity index (χ1) is 15.5. The summed E-state index contributed by atoms with van der Waals surface area (Å²) in [7, 11) is 0. The number of ether oxygens (including phenoxy) is 1. The average Bonchev–Trinajstić information content (AvgIpc) is 3.15. The van der Waals surface area contributed by atoms with Gasteiger partial charge in [0.15, 0.2) is 5.16 Å². The average molecular weight is 453 g/mol. The second kappa shape index (κ2) is 9.65. The molecular weight excluding hydrogens is 433 g/mol. The predicted molar refractivity (Wildman–Crippen MR) is 119 cm³/mol. The summed E-state index contributed by atoms with van der Waals surface area (Å²) in [4.78, 5) is 28.1. The van der Waals surface area contributed by atoms with E-state index in [1.165, 1.54) is 23.9 Å². The van der Waals surface area contributed by atoms with Crippen LogP contribution in [0.5, 0.6) is 5.75 Å². The van der Waals surface area contributed by atoms with Crippen LogP contribution in [0.1, 0.15) is 24.0 Å². The number of hydrogen-bond acceptors (Lipinski definition) is 6. The number of rotatable bonds is 8. The molecule has 4 rings (SSSR count). The number of halogens is 1. The lowest BCUT2D eigenvalue weighted by atomic mass is 10.2. The zero-order valence-electron chi connectivity index (χ0n) is 17.2. The molecule has 164 valence electrons. The van der Waals surface area contributed by atoms with Gasteiger partial charge in [-0.05, 0) is 42.8 Å². The molecule has 4 aromatic rings. The van der Waals surface area contributed by atoms with E-state index in [9.17, 15) is 14.0 Å². The van der Waals surface area contributed by atoms with E-state index in [2.05, 4.69) is 20.2 Å². The molecule has 2 aromatic heterocycles. The van der Waals surface area contributed by atoms with Crippen molar-refractivity contribution in [2.24, 2.45) is 0 Å². The Balaban J connectivity index is 1.70. The van der Waals surface area contributed by atoms with Crippen LogP contribution in [0.15, 0.2) is 69.3 Å². The van der Waals surface area contributed by atoms with Gasteiger partial charge in [0.25, 0.3) is 5.56 Å². The SMILES string of the molecule is CCOc1ccc(-n2c(Cc3cc(=O)[nH]c(=O)[nH]3)nnc2SCc2ccccc2F)cc1. The molecule has 8 nitrogen and oxygen atoms in total. The van der Waals surface area contributed by atoms with Gasteiger partial charge in [-0.2, -0.15) is 0 Å². The van der Waals surface area contributed by atoms with Gasteiger partial charge < -0.3 is 9.72 Å². The highest BCUT2D eigenvalue weighted by Gasteiger charge is 2.17. The Hall–Kier alpha value is -3.66. The Morgan fingerprint density at radius 2 is 1.84 bits per heavy atom. The number of H-pyrrole nitrogens is 2. The Bertz CT molecular complexity index is 1300. The molecule has 0 radical (unpaired) electrons. The Labute approximate surface area is 186 Å². The quantitative estimate of drug-likeness (QED) is 0.397. The lowest BCUT2D eigenvalue weighted by Gasteiger charge is -2.11. The number of nitrogens with zero attached hydrogens (tertiary/aromatic N) is 3. The minimum Gasteiger partial charge on any atom is -0.494 e. The Kier molecular flexibility index (Phi) is 6.50. The molecule has 0 bridgehead atoms. The van der Waals surface area contributed by atoms with Crippen molar-refractivity contribution in [3.63, 3.8) is 0 Å².